The van der Waals surface area contributed by atoms with Gasteiger partial charge in [-0.05, 0) is 44.2 Å². The fourth-order valence-corrected chi connectivity index (χ4v) is 3.28. The van der Waals surface area contributed by atoms with Crippen LogP contribution in [0.4, 0.5) is 8.78 Å². The fraction of sp³-hybridized carbons (Fsp3) is 0.292. The van der Waals surface area contributed by atoms with E-state index in [9.17, 15) is 8.78 Å². The number of hydrogen-bond donors (Lipinski definition) is 0. The van der Waals surface area contributed by atoms with Gasteiger partial charge in [0.15, 0.2) is 5.82 Å². The highest BCUT2D eigenvalue weighted by atomic mass is 19.1. The summed E-state index contributed by atoms with van der Waals surface area (Å²) in [6.07, 6.45) is 5.08. The summed E-state index contributed by atoms with van der Waals surface area (Å²) < 4.78 is 29.2. The first kappa shape index (κ1) is 21.7. The standard InChI is InChI=1S/C24H24F2N6/c1-23(2,3)18-10-13-32(31-18)22-28-12-9-20(30-22)24(4,5)19-8-11-27-21(29-19)16-7-6-15(25)14-17(16)26/h6-14H,1-5H3. The summed E-state index contributed by atoms with van der Waals surface area (Å²) in [6.45, 7) is 10.2. The molecule has 32 heavy (non-hydrogen) atoms. The Morgan fingerprint density at radius 3 is 2.12 bits per heavy atom. The molecule has 0 amide bonds. The lowest BCUT2D eigenvalue weighted by atomic mass is 9.85. The normalized spacial score (nSPS) is 12.2. The van der Waals surface area contributed by atoms with E-state index in [1.54, 1.807) is 23.1 Å². The van der Waals surface area contributed by atoms with Gasteiger partial charge < -0.3 is 0 Å². The van der Waals surface area contributed by atoms with Gasteiger partial charge in [-0.2, -0.15) is 5.10 Å². The third-order valence-corrected chi connectivity index (χ3v) is 5.31. The molecule has 6 nitrogen and oxygen atoms in total. The lowest BCUT2D eigenvalue weighted by Crippen LogP contribution is -2.24. The van der Waals surface area contributed by atoms with Crippen LogP contribution in [-0.4, -0.2) is 29.7 Å². The molecular formula is C24H24F2N6. The average Bonchev–Trinajstić information content (AvgIpc) is 3.25. The molecule has 0 unspecified atom stereocenters. The Hall–Kier alpha value is -3.55. The second kappa shape index (κ2) is 7.85. The maximum atomic E-state index is 14.3. The van der Waals surface area contributed by atoms with Crippen LogP contribution in [0.5, 0.6) is 0 Å². The smallest absolute Gasteiger partial charge is 0.236 e. The van der Waals surface area contributed by atoms with Crippen LogP contribution < -0.4 is 0 Å². The van der Waals surface area contributed by atoms with Crippen molar-refractivity contribution in [2.24, 2.45) is 0 Å². The lowest BCUT2D eigenvalue weighted by Gasteiger charge is -2.24. The van der Waals surface area contributed by atoms with Gasteiger partial charge in [0.1, 0.15) is 11.6 Å². The van der Waals surface area contributed by atoms with Crippen LogP contribution in [-0.2, 0) is 10.8 Å². The number of nitrogens with zero attached hydrogens (tertiary/aromatic N) is 6. The molecule has 0 aliphatic carbocycles. The first-order valence-electron chi connectivity index (χ1n) is 10.2. The van der Waals surface area contributed by atoms with Crippen molar-refractivity contribution in [3.63, 3.8) is 0 Å². The molecule has 4 aromatic rings. The van der Waals surface area contributed by atoms with Crippen molar-refractivity contribution in [2.45, 2.75) is 45.4 Å². The molecule has 0 spiro atoms. The maximum Gasteiger partial charge on any atom is 0.250 e. The third kappa shape index (κ3) is 4.12. The van der Waals surface area contributed by atoms with E-state index in [4.69, 9.17) is 4.98 Å². The van der Waals surface area contributed by atoms with Crippen LogP contribution in [0.1, 0.15) is 51.7 Å². The van der Waals surface area contributed by atoms with Crippen LogP contribution in [0.15, 0.2) is 55.0 Å². The molecule has 0 N–H and O–H groups in total. The maximum absolute atomic E-state index is 14.3. The van der Waals surface area contributed by atoms with E-state index < -0.39 is 17.0 Å². The van der Waals surface area contributed by atoms with E-state index in [1.807, 2.05) is 32.2 Å². The van der Waals surface area contributed by atoms with Crippen molar-refractivity contribution in [1.29, 1.82) is 0 Å². The molecule has 0 radical (unpaired) electrons. The Balaban J connectivity index is 1.71. The molecule has 0 atom stereocenters. The monoisotopic (exact) mass is 434 g/mol. The molecule has 0 saturated carbocycles. The quantitative estimate of drug-likeness (QED) is 0.451. The Kier molecular flexibility index (Phi) is 5.32. The van der Waals surface area contributed by atoms with Crippen LogP contribution in [0.2, 0.25) is 0 Å². The van der Waals surface area contributed by atoms with Gasteiger partial charge >= 0.3 is 0 Å². The molecule has 0 aliphatic rings. The molecule has 1 aromatic carbocycles. The van der Waals surface area contributed by atoms with Crippen molar-refractivity contribution < 1.29 is 8.78 Å². The SMILES string of the molecule is CC(C)(C)c1ccn(-c2nccc(C(C)(C)c3ccnc(-c4ccc(F)cc4F)n3)n2)n1. The van der Waals surface area contributed by atoms with Gasteiger partial charge in [0.05, 0.1) is 22.6 Å². The minimum Gasteiger partial charge on any atom is -0.236 e. The van der Waals surface area contributed by atoms with Gasteiger partial charge in [-0.1, -0.05) is 20.8 Å². The van der Waals surface area contributed by atoms with Crippen LogP contribution in [0.3, 0.4) is 0 Å². The van der Waals surface area contributed by atoms with Crippen LogP contribution >= 0.6 is 0 Å². The molecule has 0 saturated heterocycles. The summed E-state index contributed by atoms with van der Waals surface area (Å²) in [5, 5.41) is 4.61. The van der Waals surface area contributed by atoms with E-state index in [2.05, 4.69) is 40.8 Å². The molecule has 4 rings (SSSR count). The topological polar surface area (TPSA) is 69.4 Å². The largest absolute Gasteiger partial charge is 0.250 e. The number of benzene rings is 1. The van der Waals surface area contributed by atoms with Crippen molar-refractivity contribution in [3.8, 4) is 17.3 Å². The van der Waals surface area contributed by atoms with Gasteiger partial charge in [0.25, 0.3) is 5.95 Å². The highest BCUT2D eigenvalue weighted by Gasteiger charge is 2.28. The summed E-state index contributed by atoms with van der Waals surface area (Å²) in [5.74, 6) is -0.726. The molecule has 0 aliphatic heterocycles. The zero-order valence-corrected chi connectivity index (χ0v) is 18.6. The van der Waals surface area contributed by atoms with E-state index in [0.717, 1.165) is 17.5 Å². The first-order valence-corrected chi connectivity index (χ1v) is 10.2. The van der Waals surface area contributed by atoms with Crippen LogP contribution in [0.25, 0.3) is 17.3 Å². The van der Waals surface area contributed by atoms with E-state index >= 15 is 0 Å². The van der Waals surface area contributed by atoms with Crippen molar-refractivity contribution >= 4 is 0 Å². The van der Waals surface area contributed by atoms with E-state index in [-0.39, 0.29) is 16.8 Å². The second-order valence-electron chi connectivity index (χ2n) is 9.15. The minimum atomic E-state index is -0.711. The molecule has 0 bridgehead atoms. The number of rotatable bonds is 4. The Morgan fingerprint density at radius 1 is 0.781 bits per heavy atom. The predicted octanol–water partition coefficient (Wildman–Crippen LogP) is 5.02. The molecule has 0 fully saturated rings. The minimum absolute atomic E-state index is 0.0882. The summed E-state index contributed by atoms with van der Waals surface area (Å²) in [6, 6.07) is 8.88. The summed E-state index contributed by atoms with van der Waals surface area (Å²) >= 11 is 0. The Labute approximate surface area is 185 Å². The van der Waals surface area contributed by atoms with Gasteiger partial charge in [-0.25, -0.2) is 33.4 Å². The van der Waals surface area contributed by atoms with Crippen molar-refractivity contribution in [1.82, 2.24) is 29.7 Å². The summed E-state index contributed by atoms with van der Waals surface area (Å²) in [5.41, 5.74) is 1.72. The van der Waals surface area contributed by atoms with E-state index in [1.165, 1.54) is 12.1 Å². The zero-order chi connectivity index (χ0) is 23.1. The molecule has 3 heterocycles. The Morgan fingerprint density at radius 2 is 1.47 bits per heavy atom. The number of aromatic nitrogens is 6. The van der Waals surface area contributed by atoms with Gasteiger partial charge in [-0.15, -0.1) is 0 Å². The highest BCUT2D eigenvalue weighted by Crippen LogP contribution is 2.30. The lowest BCUT2D eigenvalue weighted by molar-refractivity contribution is 0.555. The van der Waals surface area contributed by atoms with Gasteiger partial charge in [0.2, 0.25) is 0 Å². The fourth-order valence-electron chi connectivity index (χ4n) is 3.28. The van der Waals surface area contributed by atoms with Crippen molar-refractivity contribution in [2.75, 3.05) is 0 Å². The summed E-state index contributed by atoms with van der Waals surface area (Å²) in [4.78, 5) is 17.8. The molecule has 3 aromatic heterocycles. The molecule has 8 heteroatoms. The third-order valence-electron chi connectivity index (χ3n) is 5.31. The van der Waals surface area contributed by atoms with Crippen LogP contribution in [0, 0.1) is 11.6 Å². The van der Waals surface area contributed by atoms with Crippen molar-refractivity contribution in [3.05, 3.63) is 83.7 Å². The van der Waals surface area contributed by atoms with Gasteiger partial charge in [0, 0.05) is 35.5 Å². The molecular weight excluding hydrogens is 410 g/mol. The van der Waals surface area contributed by atoms with Gasteiger partial charge in [-0.3, -0.25) is 0 Å². The van der Waals surface area contributed by atoms with E-state index in [0.29, 0.717) is 11.6 Å². The average molecular weight is 434 g/mol. The zero-order valence-electron chi connectivity index (χ0n) is 18.6. The summed E-state index contributed by atoms with van der Waals surface area (Å²) in [7, 11) is 0. The first-order chi connectivity index (χ1) is 15.1. The number of halogens is 2. The second-order valence-corrected chi connectivity index (χ2v) is 9.15. The highest BCUT2D eigenvalue weighted by molar-refractivity contribution is 5.56. The Bertz CT molecular complexity index is 1270. The number of hydrogen-bond acceptors (Lipinski definition) is 5. The molecule has 164 valence electrons. The predicted molar refractivity (Wildman–Crippen MR) is 117 cm³/mol.